The van der Waals surface area contributed by atoms with Crippen LogP contribution in [0.1, 0.15) is 0 Å². The van der Waals surface area contributed by atoms with Crippen LogP contribution < -0.4 is 5.32 Å². The Morgan fingerprint density at radius 2 is 1.81 bits per heavy atom. The minimum Gasteiger partial charge on any atom is -0.384 e. The van der Waals surface area contributed by atoms with Crippen LogP contribution in [0.15, 0.2) is 29.2 Å². The van der Waals surface area contributed by atoms with E-state index in [0.717, 1.165) is 12.1 Å². The molecular formula is C9H10ClF2NO2S. The second kappa shape index (κ2) is 5.45. The fourth-order valence-electron chi connectivity index (χ4n) is 1.06. The first-order valence-corrected chi connectivity index (χ1v) is 6.48. The first-order chi connectivity index (χ1) is 7.48. The molecule has 0 saturated heterocycles. The molecule has 0 spiro atoms. The molecule has 0 saturated carbocycles. The summed E-state index contributed by atoms with van der Waals surface area (Å²) in [4.78, 5) is -0.390. The third-order valence-electron chi connectivity index (χ3n) is 1.84. The third-order valence-corrected chi connectivity index (χ3v) is 3.43. The maximum absolute atomic E-state index is 12.2. The van der Waals surface area contributed by atoms with Gasteiger partial charge >= 0.3 is 5.76 Å². The van der Waals surface area contributed by atoms with Crippen molar-refractivity contribution in [2.45, 2.75) is 10.7 Å². The largest absolute Gasteiger partial charge is 0.384 e. The van der Waals surface area contributed by atoms with Crippen LogP contribution in [-0.4, -0.2) is 26.6 Å². The second-order valence-electron chi connectivity index (χ2n) is 2.95. The van der Waals surface area contributed by atoms with Gasteiger partial charge in [-0.05, 0) is 24.3 Å². The quantitative estimate of drug-likeness (QED) is 0.835. The Labute approximate surface area is 97.3 Å². The monoisotopic (exact) mass is 269 g/mol. The van der Waals surface area contributed by atoms with Crippen molar-refractivity contribution in [1.82, 2.24) is 0 Å². The Morgan fingerprint density at radius 1 is 1.25 bits per heavy atom. The van der Waals surface area contributed by atoms with Gasteiger partial charge in [-0.3, -0.25) is 0 Å². The van der Waals surface area contributed by atoms with Gasteiger partial charge in [0.2, 0.25) is 9.84 Å². The average molecular weight is 270 g/mol. The Hall–Kier alpha value is -0.880. The standard InChI is InChI=1S/C9H10ClF2NO2S/c10-5-6-13-7-1-3-8(4-2-7)16(14,15)9(11)12/h1-4,9,13H,5-6H2. The molecule has 1 aromatic carbocycles. The predicted octanol–water partition coefficient (Wildman–Crippen LogP) is 2.33. The van der Waals surface area contributed by atoms with Gasteiger partial charge in [0, 0.05) is 18.1 Å². The molecule has 0 fully saturated rings. The minimum absolute atomic E-state index is 0.390. The molecule has 0 amide bonds. The predicted molar refractivity (Wildman–Crippen MR) is 58.8 cm³/mol. The first kappa shape index (κ1) is 13.2. The molecule has 1 N–H and O–H groups in total. The summed E-state index contributed by atoms with van der Waals surface area (Å²) in [5.41, 5.74) is 0.633. The number of rotatable bonds is 5. The highest BCUT2D eigenvalue weighted by Gasteiger charge is 2.26. The van der Waals surface area contributed by atoms with E-state index in [0.29, 0.717) is 18.1 Å². The topological polar surface area (TPSA) is 46.2 Å². The molecule has 3 nitrogen and oxygen atoms in total. The second-order valence-corrected chi connectivity index (χ2v) is 5.24. The van der Waals surface area contributed by atoms with Gasteiger partial charge in [0.1, 0.15) is 0 Å². The van der Waals surface area contributed by atoms with E-state index in [4.69, 9.17) is 11.6 Å². The number of alkyl halides is 3. The maximum Gasteiger partial charge on any atom is 0.341 e. The summed E-state index contributed by atoms with van der Waals surface area (Å²) in [5.74, 6) is -2.99. The van der Waals surface area contributed by atoms with Crippen LogP contribution in [0.25, 0.3) is 0 Å². The summed E-state index contributed by atoms with van der Waals surface area (Å²) in [5, 5.41) is 2.89. The molecule has 16 heavy (non-hydrogen) atoms. The summed E-state index contributed by atoms with van der Waals surface area (Å²) < 4.78 is 46.5. The van der Waals surface area contributed by atoms with E-state index in [1.165, 1.54) is 12.1 Å². The van der Waals surface area contributed by atoms with Crippen molar-refractivity contribution in [1.29, 1.82) is 0 Å². The molecule has 1 rings (SSSR count). The van der Waals surface area contributed by atoms with Gasteiger partial charge in [0.25, 0.3) is 0 Å². The number of hydrogen-bond acceptors (Lipinski definition) is 3. The average Bonchev–Trinajstić information content (AvgIpc) is 2.26. The van der Waals surface area contributed by atoms with Crippen molar-refractivity contribution >= 4 is 27.1 Å². The zero-order valence-corrected chi connectivity index (χ0v) is 9.73. The fraction of sp³-hybridized carbons (Fsp3) is 0.333. The zero-order chi connectivity index (χ0) is 12.2. The number of nitrogens with one attached hydrogen (secondary N) is 1. The lowest BCUT2D eigenvalue weighted by molar-refractivity contribution is 0.234. The van der Waals surface area contributed by atoms with E-state index >= 15 is 0 Å². The fourth-order valence-corrected chi connectivity index (χ4v) is 1.87. The van der Waals surface area contributed by atoms with Crippen LogP contribution in [0.5, 0.6) is 0 Å². The van der Waals surface area contributed by atoms with Gasteiger partial charge < -0.3 is 5.32 Å². The van der Waals surface area contributed by atoms with Crippen LogP contribution in [0, 0.1) is 0 Å². The summed E-state index contributed by atoms with van der Waals surface area (Å²) in [6.07, 6.45) is 0. The first-order valence-electron chi connectivity index (χ1n) is 4.40. The van der Waals surface area contributed by atoms with Gasteiger partial charge in [-0.25, -0.2) is 8.42 Å². The lowest BCUT2D eigenvalue weighted by Crippen LogP contribution is -2.11. The van der Waals surface area contributed by atoms with Gasteiger partial charge in [-0.15, -0.1) is 11.6 Å². The van der Waals surface area contributed by atoms with Crippen LogP contribution in [0.4, 0.5) is 14.5 Å². The summed E-state index contributed by atoms with van der Waals surface area (Å²) in [6.45, 7) is 0.516. The van der Waals surface area contributed by atoms with E-state index in [9.17, 15) is 17.2 Å². The number of halogens is 3. The summed E-state index contributed by atoms with van der Waals surface area (Å²) >= 11 is 5.44. The molecular weight excluding hydrogens is 260 g/mol. The van der Waals surface area contributed by atoms with Gasteiger partial charge in [-0.1, -0.05) is 0 Å². The molecule has 0 radical (unpaired) electrons. The van der Waals surface area contributed by atoms with Crippen molar-refractivity contribution < 1.29 is 17.2 Å². The molecule has 7 heteroatoms. The molecule has 0 aromatic heterocycles. The van der Waals surface area contributed by atoms with E-state index < -0.39 is 15.6 Å². The summed E-state index contributed by atoms with van der Waals surface area (Å²) in [7, 11) is -4.50. The highest BCUT2D eigenvalue weighted by Crippen LogP contribution is 2.20. The van der Waals surface area contributed by atoms with Crippen LogP contribution >= 0.6 is 11.6 Å². The number of hydrogen-bond donors (Lipinski definition) is 1. The maximum atomic E-state index is 12.2. The highest BCUT2D eigenvalue weighted by molar-refractivity contribution is 7.91. The molecule has 0 heterocycles. The molecule has 0 aliphatic carbocycles. The van der Waals surface area contributed by atoms with Gasteiger partial charge in [0.15, 0.2) is 0 Å². The summed E-state index contributed by atoms with van der Waals surface area (Å²) in [6, 6.07) is 5.11. The van der Waals surface area contributed by atoms with E-state index in [1.54, 1.807) is 0 Å². The SMILES string of the molecule is O=S(=O)(c1ccc(NCCCl)cc1)C(F)F. The molecule has 0 unspecified atom stereocenters. The molecule has 1 aromatic rings. The van der Waals surface area contributed by atoms with Crippen LogP contribution in [-0.2, 0) is 9.84 Å². The van der Waals surface area contributed by atoms with Crippen LogP contribution in [0.3, 0.4) is 0 Å². The minimum atomic E-state index is -4.50. The molecule has 0 aliphatic rings. The van der Waals surface area contributed by atoms with E-state index in [1.807, 2.05) is 0 Å². The van der Waals surface area contributed by atoms with Gasteiger partial charge in [0.05, 0.1) is 4.90 Å². The molecule has 0 atom stereocenters. The lowest BCUT2D eigenvalue weighted by Gasteiger charge is -2.06. The van der Waals surface area contributed by atoms with Crippen molar-refractivity contribution in [3.8, 4) is 0 Å². The number of sulfone groups is 1. The van der Waals surface area contributed by atoms with E-state index in [-0.39, 0.29) is 4.90 Å². The zero-order valence-electron chi connectivity index (χ0n) is 8.16. The number of anilines is 1. The Bertz CT molecular complexity index is 433. The van der Waals surface area contributed by atoms with E-state index in [2.05, 4.69) is 5.32 Å². The highest BCUT2D eigenvalue weighted by atomic mass is 35.5. The number of benzene rings is 1. The molecule has 0 bridgehead atoms. The van der Waals surface area contributed by atoms with Crippen molar-refractivity contribution in [2.24, 2.45) is 0 Å². The third kappa shape index (κ3) is 3.05. The van der Waals surface area contributed by atoms with Crippen molar-refractivity contribution in [2.75, 3.05) is 17.7 Å². The normalized spacial score (nSPS) is 11.8. The Kier molecular flexibility index (Phi) is 4.49. The lowest BCUT2D eigenvalue weighted by atomic mass is 10.3. The Balaban J connectivity index is 2.87. The van der Waals surface area contributed by atoms with Crippen LogP contribution in [0.2, 0.25) is 0 Å². The smallest absolute Gasteiger partial charge is 0.341 e. The Morgan fingerprint density at radius 3 is 2.25 bits per heavy atom. The molecule has 0 aliphatic heterocycles. The van der Waals surface area contributed by atoms with Crippen molar-refractivity contribution in [3.63, 3.8) is 0 Å². The van der Waals surface area contributed by atoms with Crippen molar-refractivity contribution in [3.05, 3.63) is 24.3 Å². The molecule has 90 valence electrons. The van der Waals surface area contributed by atoms with Gasteiger partial charge in [-0.2, -0.15) is 8.78 Å².